The molecular weight excluding hydrogens is 172 g/mol. The highest BCUT2D eigenvalue weighted by Gasteiger charge is 2.44. The average molecular weight is 188 g/mol. The molecule has 0 heterocycles. The predicted molar refractivity (Wildman–Crippen MR) is 57.5 cm³/mol. The second kappa shape index (κ2) is 3.23. The fourth-order valence-electron chi connectivity index (χ4n) is 1.65. The van der Waals surface area contributed by atoms with Crippen LogP contribution < -0.4 is 0 Å². The summed E-state index contributed by atoms with van der Waals surface area (Å²) in [6.45, 7) is 4.18. The molecule has 2 rings (SSSR count). The molecule has 0 amide bonds. The van der Waals surface area contributed by atoms with E-state index in [4.69, 9.17) is 0 Å². The minimum absolute atomic E-state index is 0.0340. The Labute approximate surface area is 85.1 Å². The predicted octanol–water partition coefficient (Wildman–Crippen LogP) is 3.23. The van der Waals surface area contributed by atoms with Crippen molar-refractivity contribution in [1.82, 2.24) is 0 Å². The number of carbonyl (C=O) groups excluding carboxylic acids is 1. The third kappa shape index (κ3) is 1.59. The van der Waals surface area contributed by atoms with Gasteiger partial charge in [0.05, 0.1) is 0 Å². The van der Waals surface area contributed by atoms with Crippen LogP contribution in [0, 0.1) is 5.41 Å². The summed E-state index contributed by atoms with van der Waals surface area (Å²) < 4.78 is 0. The number of rotatable bonds is 3. The highest BCUT2D eigenvalue weighted by Crippen LogP contribution is 2.47. The van der Waals surface area contributed by atoms with Gasteiger partial charge in [-0.3, -0.25) is 4.79 Å². The van der Waals surface area contributed by atoms with E-state index in [1.807, 2.05) is 12.1 Å². The highest BCUT2D eigenvalue weighted by atomic mass is 16.1. The van der Waals surface area contributed by atoms with E-state index in [2.05, 4.69) is 26.0 Å². The van der Waals surface area contributed by atoms with Crippen molar-refractivity contribution in [2.45, 2.75) is 33.1 Å². The Kier molecular flexibility index (Phi) is 2.18. The number of carbonyl (C=O) groups is 1. The Hall–Kier alpha value is -1.11. The maximum atomic E-state index is 11.9. The Morgan fingerprint density at radius 1 is 1.29 bits per heavy atom. The van der Waals surface area contributed by atoms with Gasteiger partial charge in [-0.15, -0.1) is 0 Å². The number of ketones is 1. The molecule has 0 spiro atoms. The topological polar surface area (TPSA) is 17.1 Å². The second-order valence-electron chi connectivity index (χ2n) is 4.44. The van der Waals surface area contributed by atoms with Gasteiger partial charge in [0, 0.05) is 11.0 Å². The van der Waals surface area contributed by atoms with Crippen LogP contribution in [0.4, 0.5) is 0 Å². The number of benzene rings is 1. The minimum Gasteiger partial charge on any atom is -0.294 e. The zero-order chi connectivity index (χ0) is 10.2. The molecule has 0 atom stereocenters. The lowest BCUT2D eigenvalue weighted by Gasteiger charge is -2.07. The van der Waals surface area contributed by atoms with E-state index in [1.165, 1.54) is 5.56 Å². The van der Waals surface area contributed by atoms with Crippen molar-refractivity contribution >= 4 is 5.78 Å². The third-order valence-electron chi connectivity index (χ3n) is 3.17. The molecule has 1 saturated carbocycles. The molecule has 1 nitrogen and oxygen atoms in total. The van der Waals surface area contributed by atoms with Crippen molar-refractivity contribution in [3.8, 4) is 0 Å². The van der Waals surface area contributed by atoms with Crippen molar-refractivity contribution in [1.29, 1.82) is 0 Å². The summed E-state index contributed by atoms with van der Waals surface area (Å²) in [7, 11) is 0. The summed E-state index contributed by atoms with van der Waals surface area (Å²) in [6.07, 6.45) is 3.15. The number of Topliss-reactive ketones (excluding diaryl/α,β-unsaturated/α-hetero) is 1. The molecule has 0 bridgehead atoms. The van der Waals surface area contributed by atoms with E-state index in [0.717, 1.165) is 24.8 Å². The van der Waals surface area contributed by atoms with Gasteiger partial charge in [0.15, 0.2) is 5.78 Å². The summed E-state index contributed by atoms with van der Waals surface area (Å²) in [5.74, 6) is 0.320. The largest absolute Gasteiger partial charge is 0.294 e. The quantitative estimate of drug-likeness (QED) is 0.665. The van der Waals surface area contributed by atoms with Crippen LogP contribution in [0.5, 0.6) is 0 Å². The fourth-order valence-corrected chi connectivity index (χ4v) is 1.65. The molecule has 1 heteroatoms. The zero-order valence-corrected chi connectivity index (χ0v) is 8.84. The summed E-state index contributed by atoms with van der Waals surface area (Å²) in [4.78, 5) is 11.9. The van der Waals surface area contributed by atoms with Crippen molar-refractivity contribution < 1.29 is 4.79 Å². The maximum absolute atomic E-state index is 11.9. The summed E-state index contributed by atoms with van der Waals surface area (Å²) >= 11 is 0. The first kappa shape index (κ1) is 9.45. The van der Waals surface area contributed by atoms with Crippen molar-refractivity contribution in [2.24, 2.45) is 5.41 Å². The van der Waals surface area contributed by atoms with Gasteiger partial charge in [-0.2, -0.15) is 0 Å². The molecule has 0 N–H and O–H groups in total. The van der Waals surface area contributed by atoms with Gasteiger partial charge in [-0.05, 0) is 24.8 Å². The number of aryl methyl sites for hydroxylation is 1. The monoisotopic (exact) mass is 188 g/mol. The molecule has 1 aromatic rings. The van der Waals surface area contributed by atoms with E-state index in [-0.39, 0.29) is 5.41 Å². The van der Waals surface area contributed by atoms with E-state index in [9.17, 15) is 4.79 Å². The summed E-state index contributed by atoms with van der Waals surface area (Å²) in [5, 5.41) is 0. The first-order valence-corrected chi connectivity index (χ1v) is 5.29. The van der Waals surface area contributed by atoms with Crippen LogP contribution in [0.2, 0.25) is 0 Å². The van der Waals surface area contributed by atoms with Gasteiger partial charge in [0.1, 0.15) is 0 Å². The van der Waals surface area contributed by atoms with Gasteiger partial charge in [0.25, 0.3) is 0 Å². The molecule has 0 unspecified atom stereocenters. The normalized spacial score (nSPS) is 17.9. The molecule has 0 aliphatic heterocycles. The van der Waals surface area contributed by atoms with Gasteiger partial charge in [-0.25, -0.2) is 0 Å². The van der Waals surface area contributed by atoms with E-state index >= 15 is 0 Å². The van der Waals surface area contributed by atoms with Gasteiger partial charge < -0.3 is 0 Å². The molecule has 1 aromatic carbocycles. The molecule has 0 saturated heterocycles. The van der Waals surface area contributed by atoms with E-state index in [1.54, 1.807) is 0 Å². The van der Waals surface area contributed by atoms with Crippen LogP contribution in [0.1, 0.15) is 42.6 Å². The lowest BCUT2D eigenvalue weighted by molar-refractivity contribution is 0.0912. The average Bonchev–Trinajstić information content (AvgIpc) is 2.97. The first-order valence-electron chi connectivity index (χ1n) is 5.29. The second-order valence-corrected chi connectivity index (χ2v) is 4.44. The third-order valence-corrected chi connectivity index (χ3v) is 3.17. The highest BCUT2D eigenvalue weighted by molar-refractivity contribution is 6.01. The number of hydrogen-bond acceptors (Lipinski definition) is 1. The first-order chi connectivity index (χ1) is 6.65. The lowest BCUT2D eigenvalue weighted by atomic mass is 9.96. The Morgan fingerprint density at radius 3 is 2.29 bits per heavy atom. The van der Waals surface area contributed by atoms with Crippen LogP contribution in [-0.2, 0) is 6.42 Å². The fraction of sp³-hybridized carbons (Fsp3) is 0.462. The SMILES string of the molecule is CCc1ccc(C(=O)C2(C)CC2)cc1. The smallest absolute Gasteiger partial charge is 0.168 e. The van der Waals surface area contributed by atoms with Crippen LogP contribution in [0.3, 0.4) is 0 Å². The summed E-state index contributed by atoms with van der Waals surface area (Å²) in [5.41, 5.74) is 2.14. The molecule has 74 valence electrons. The molecule has 1 aliphatic rings. The Bertz CT molecular complexity index is 344. The Balaban J connectivity index is 2.20. The van der Waals surface area contributed by atoms with Gasteiger partial charge >= 0.3 is 0 Å². The van der Waals surface area contributed by atoms with Crippen molar-refractivity contribution in [3.05, 3.63) is 35.4 Å². The molecule has 14 heavy (non-hydrogen) atoms. The molecule has 0 aromatic heterocycles. The lowest BCUT2D eigenvalue weighted by Crippen LogP contribution is -2.11. The number of hydrogen-bond donors (Lipinski definition) is 0. The summed E-state index contributed by atoms with van der Waals surface area (Å²) in [6, 6.07) is 8.04. The van der Waals surface area contributed by atoms with Crippen LogP contribution >= 0.6 is 0 Å². The van der Waals surface area contributed by atoms with Crippen LogP contribution in [0.25, 0.3) is 0 Å². The zero-order valence-electron chi connectivity index (χ0n) is 8.84. The standard InChI is InChI=1S/C13H16O/c1-3-10-4-6-11(7-5-10)12(14)13(2)8-9-13/h4-7H,3,8-9H2,1-2H3. The molecule has 0 radical (unpaired) electrons. The minimum atomic E-state index is -0.0340. The molecule has 1 aliphatic carbocycles. The van der Waals surface area contributed by atoms with Gasteiger partial charge in [0.2, 0.25) is 0 Å². The maximum Gasteiger partial charge on any atom is 0.168 e. The molecule has 1 fully saturated rings. The molecular formula is C13H16O. The van der Waals surface area contributed by atoms with Crippen molar-refractivity contribution in [3.63, 3.8) is 0 Å². The van der Waals surface area contributed by atoms with E-state index in [0.29, 0.717) is 5.78 Å². The van der Waals surface area contributed by atoms with Gasteiger partial charge in [-0.1, -0.05) is 38.1 Å². The Morgan fingerprint density at radius 2 is 1.86 bits per heavy atom. The van der Waals surface area contributed by atoms with E-state index < -0.39 is 0 Å². The van der Waals surface area contributed by atoms with Crippen LogP contribution in [0.15, 0.2) is 24.3 Å². The van der Waals surface area contributed by atoms with Crippen LogP contribution in [-0.4, -0.2) is 5.78 Å². The van der Waals surface area contributed by atoms with Crippen molar-refractivity contribution in [2.75, 3.05) is 0 Å².